The number of piperidine rings is 1. The monoisotopic (exact) mass is 169 g/mol. The number of carbonyl (C=O) groups is 2. The van der Waals surface area contributed by atoms with Crippen molar-refractivity contribution in [3.05, 3.63) is 0 Å². The minimum Gasteiger partial charge on any atom is -0.307 e. The average Bonchev–Trinajstić information content (AvgIpc) is 2.04. The summed E-state index contributed by atoms with van der Waals surface area (Å²) in [6, 6.07) is -0.0901. The van der Waals surface area contributed by atoms with E-state index in [0.717, 1.165) is 13.0 Å². The highest BCUT2D eigenvalue weighted by Crippen LogP contribution is 2.17. The van der Waals surface area contributed by atoms with E-state index in [1.165, 1.54) is 0 Å². The third-order valence-electron chi connectivity index (χ3n) is 2.47. The number of nitrogens with one attached hydrogen (secondary N) is 1. The first kappa shape index (κ1) is 9.39. The zero-order chi connectivity index (χ0) is 9.14. The van der Waals surface area contributed by atoms with Gasteiger partial charge in [0.15, 0.2) is 0 Å². The average molecular weight is 169 g/mol. The van der Waals surface area contributed by atoms with Crippen LogP contribution in [0.1, 0.15) is 26.7 Å². The van der Waals surface area contributed by atoms with Gasteiger partial charge >= 0.3 is 0 Å². The van der Waals surface area contributed by atoms with Gasteiger partial charge in [-0.15, -0.1) is 0 Å². The molecule has 0 aromatic rings. The second kappa shape index (κ2) is 3.81. The summed E-state index contributed by atoms with van der Waals surface area (Å²) in [5.41, 5.74) is 0. The van der Waals surface area contributed by atoms with Crippen LogP contribution in [0, 0.1) is 5.92 Å². The van der Waals surface area contributed by atoms with Crippen LogP contribution in [-0.2, 0) is 9.59 Å². The molecule has 0 radical (unpaired) electrons. The fraction of sp³-hybridized carbons (Fsp3) is 0.778. The lowest BCUT2D eigenvalue weighted by Gasteiger charge is -2.26. The van der Waals surface area contributed by atoms with Gasteiger partial charge in [-0.05, 0) is 33.2 Å². The van der Waals surface area contributed by atoms with Crippen LogP contribution in [0.4, 0.5) is 0 Å². The maximum atomic E-state index is 11.0. The molecule has 1 heterocycles. The Labute approximate surface area is 72.5 Å². The molecular formula is C9H15NO2. The zero-order valence-corrected chi connectivity index (χ0v) is 7.59. The molecule has 3 nitrogen and oxygen atoms in total. The van der Waals surface area contributed by atoms with E-state index in [1.54, 1.807) is 13.8 Å². The van der Waals surface area contributed by atoms with E-state index in [1.807, 2.05) is 0 Å². The van der Waals surface area contributed by atoms with Crippen molar-refractivity contribution in [2.24, 2.45) is 5.92 Å². The summed E-state index contributed by atoms with van der Waals surface area (Å²) in [6.07, 6.45) is 1.56. The molecule has 1 fully saturated rings. The lowest BCUT2D eigenvalue weighted by molar-refractivity contribution is -0.123. The van der Waals surface area contributed by atoms with Crippen molar-refractivity contribution in [1.82, 2.24) is 5.32 Å². The first-order valence-corrected chi connectivity index (χ1v) is 4.35. The number of Topliss-reactive ketones (excluding diaryl/α,β-unsaturated/α-hetero) is 2. The molecule has 1 aliphatic heterocycles. The first-order valence-electron chi connectivity index (χ1n) is 4.35. The van der Waals surface area contributed by atoms with Gasteiger partial charge in [0.2, 0.25) is 0 Å². The molecule has 1 N–H and O–H groups in total. The number of ketones is 2. The van der Waals surface area contributed by atoms with Gasteiger partial charge in [-0.1, -0.05) is 0 Å². The molecule has 1 saturated heterocycles. The van der Waals surface area contributed by atoms with Crippen LogP contribution in [-0.4, -0.2) is 24.2 Å². The Morgan fingerprint density at radius 2 is 1.92 bits per heavy atom. The van der Waals surface area contributed by atoms with E-state index < -0.39 is 0 Å². The highest BCUT2D eigenvalue weighted by Gasteiger charge is 2.26. The van der Waals surface area contributed by atoms with Crippen molar-refractivity contribution in [2.75, 3.05) is 6.54 Å². The molecule has 3 heteroatoms. The third-order valence-corrected chi connectivity index (χ3v) is 2.47. The minimum absolute atomic E-state index is 0.0901. The molecule has 12 heavy (non-hydrogen) atoms. The largest absolute Gasteiger partial charge is 0.307 e. The van der Waals surface area contributed by atoms with Crippen LogP contribution in [0.15, 0.2) is 0 Å². The molecule has 0 bridgehead atoms. The van der Waals surface area contributed by atoms with Crippen molar-refractivity contribution in [2.45, 2.75) is 32.7 Å². The molecular weight excluding hydrogens is 154 g/mol. The topological polar surface area (TPSA) is 46.2 Å². The van der Waals surface area contributed by atoms with Gasteiger partial charge in [0.25, 0.3) is 0 Å². The molecule has 0 spiro atoms. The van der Waals surface area contributed by atoms with E-state index in [-0.39, 0.29) is 23.5 Å². The van der Waals surface area contributed by atoms with Crippen LogP contribution < -0.4 is 5.32 Å². The Kier molecular flexibility index (Phi) is 2.98. The summed E-state index contributed by atoms with van der Waals surface area (Å²) in [7, 11) is 0. The van der Waals surface area contributed by atoms with Crippen molar-refractivity contribution >= 4 is 11.6 Å². The van der Waals surface area contributed by atoms with Crippen LogP contribution in [0.5, 0.6) is 0 Å². The molecule has 0 aromatic heterocycles. The second-order valence-corrected chi connectivity index (χ2v) is 3.45. The Morgan fingerprint density at radius 3 is 2.42 bits per heavy atom. The van der Waals surface area contributed by atoms with E-state index in [9.17, 15) is 9.59 Å². The van der Waals surface area contributed by atoms with Gasteiger partial charge in [0, 0.05) is 5.92 Å². The van der Waals surface area contributed by atoms with Crippen molar-refractivity contribution < 1.29 is 9.59 Å². The van der Waals surface area contributed by atoms with Crippen molar-refractivity contribution in [1.29, 1.82) is 0 Å². The predicted molar refractivity (Wildman–Crippen MR) is 45.9 cm³/mol. The van der Waals surface area contributed by atoms with Gasteiger partial charge < -0.3 is 5.32 Å². The number of rotatable bonds is 2. The van der Waals surface area contributed by atoms with Gasteiger partial charge in [-0.2, -0.15) is 0 Å². The van der Waals surface area contributed by atoms with Crippen LogP contribution >= 0.6 is 0 Å². The van der Waals surface area contributed by atoms with Crippen LogP contribution in [0.25, 0.3) is 0 Å². The smallest absolute Gasteiger partial charge is 0.146 e. The molecule has 1 aliphatic rings. The quantitative estimate of drug-likeness (QED) is 0.656. The molecule has 68 valence electrons. The number of hydrogen-bond acceptors (Lipinski definition) is 3. The highest BCUT2D eigenvalue weighted by atomic mass is 16.1. The third kappa shape index (κ3) is 2.14. The van der Waals surface area contributed by atoms with Crippen molar-refractivity contribution in [3.8, 4) is 0 Å². The Morgan fingerprint density at radius 1 is 1.25 bits per heavy atom. The van der Waals surface area contributed by atoms with Gasteiger partial charge in [0.1, 0.15) is 11.6 Å². The van der Waals surface area contributed by atoms with Crippen LogP contribution in [0.3, 0.4) is 0 Å². The maximum Gasteiger partial charge on any atom is 0.146 e. The van der Waals surface area contributed by atoms with E-state index in [4.69, 9.17) is 0 Å². The molecule has 1 rings (SSSR count). The van der Waals surface area contributed by atoms with E-state index >= 15 is 0 Å². The number of hydrogen-bond donors (Lipinski definition) is 1. The Balaban J connectivity index is 2.51. The van der Waals surface area contributed by atoms with E-state index in [2.05, 4.69) is 5.32 Å². The van der Waals surface area contributed by atoms with Gasteiger partial charge in [0.05, 0.1) is 6.04 Å². The van der Waals surface area contributed by atoms with Gasteiger partial charge in [-0.3, -0.25) is 9.59 Å². The lowest BCUT2D eigenvalue weighted by Crippen LogP contribution is -2.44. The number of carbonyl (C=O) groups excluding carboxylic acids is 2. The summed E-state index contributed by atoms with van der Waals surface area (Å²) in [4.78, 5) is 22.0. The first-order chi connectivity index (χ1) is 5.61. The summed E-state index contributed by atoms with van der Waals surface area (Å²) >= 11 is 0. The molecule has 0 amide bonds. The van der Waals surface area contributed by atoms with Crippen molar-refractivity contribution in [3.63, 3.8) is 0 Å². The van der Waals surface area contributed by atoms with Gasteiger partial charge in [-0.25, -0.2) is 0 Å². The lowest BCUT2D eigenvalue weighted by atomic mass is 9.88. The van der Waals surface area contributed by atoms with Crippen LogP contribution in [0.2, 0.25) is 0 Å². The standard InChI is InChI=1S/C9H15NO2/c1-6(11)8-3-4-10-9(5-8)7(2)12/h8-10H,3-5H2,1-2H3/t8-,9+/m1/s1. The summed E-state index contributed by atoms with van der Waals surface area (Å²) in [5.74, 6) is 0.448. The molecule has 0 saturated carbocycles. The Hall–Kier alpha value is -0.700. The fourth-order valence-electron chi connectivity index (χ4n) is 1.60. The normalized spacial score (nSPS) is 29.8. The highest BCUT2D eigenvalue weighted by molar-refractivity contribution is 5.84. The Bertz CT molecular complexity index is 181. The summed E-state index contributed by atoms with van der Waals surface area (Å²) in [6.45, 7) is 3.96. The molecule has 0 aromatic carbocycles. The summed E-state index contributed by atoms with van der Waals surface area (Å²) < 4.78 is 0. The molecule has 0 unspecified atom stereocenters. The maximum absolute atomic E-state index is 11.0. The molecule has 0 aliphatic carbocycles. The zero-order valence-electron chi connectivity index (χ0n) is 7.59. The van der Waals surface area contributed by atoms with E-state index in [0.29, 0.717) is 6.42 Å². The second-order valence-electron chi connectivity index (χ2n) is 3.45. The minimum atomic E-state index is -0.0901. The summed E-state index contributed by atoms with van der Waals surface area (Å²) in [5, 5.41) is 3.10. The fourth-order valence-corrected chi connectivity index (χ4v) is 1.60. The predicted octanol–water partition coefficient (Wildman–Crippen LogP) is 0.533. The SMILES string of the molecule is CC(=O)[C@@H]1CCN[C@H](C(C)=O)C1. The molecule has 2 atom stereocenters.